The van der Waals surface area contributed by atoms with Crippen molar-refractivity contribution in [3.05, 3.63) is 46.0 Å². The Morgan fingerprint density at radius 2 is 2.00 bits per heavy atom. The highest BCUT2D eigenvalue weighted by molar-refractivity contribution is 6.31. The lowest BCUT2D eigenvalue weighted by atomic mass is 9.90. The molecule has 118 valence electrons. The van der Waals surface area contributed by atoms with Gasteiger partial charge in [-0.15, -0.1) is 0 Å². The van der Waals surface area contributed by atoms with Gasteiger partial charge in [0.15, 0.2) is 0 Å². The number of hydrogen-bond donors (Lipinski definition) is 0. The van der Waals surface area contributed by atoms with Crippen LogP contribution < -0.4 is 0 Å². The summed E-state index contributed by atoms with van der Waals surface area (Å²) in [6, 6.07) is 6.42. The first-order valence-electron chi connectivity index (χ1n) is 8.43. The van der Waals surface area contributed by atoms with E-state index in [0.717, 1.165) is 17.4 Å². The van der Waals surface area contributed by atoms with Gasteiger partial charge in [0.2, 0.25) is 0 Å². The van der Waals surface area contributed by atoms with Crippen LogP contribution in [0, 0.1) is 12.8 Å². The second kappa shape index (κ2) is 10.1. The monoisotopic (exact) mass is 306 g/mol. The summed E-state index contributed by atoms with van der Waals surface area (Å²) < 4.78 is 0. The fourth-order valence-corrected chi connectivity index (χ4v) is 3.26. The normalized spacial score (nSPS) is 13.5. The van der Waals surface area contributed by atoms with Crippen molar-refractivity contribution >= 4 is 11.6 Å². The molecule has 0 aromatic heterocycles. The maximum absolute atomic E-state index is 6.30. The van der Waals surface area contributed by atoms with Gasteiger partial charge in [0, 0.05) is 5.02 Å². The van der Waals surface area contributed by atoms with Gasteiger partial charge in [-0.25, -0.2) is 0 Å². The van der Waals surface area contributed by atoms with E-state index in [9.17, 15) is 0 Å². The van der Waals surface area contributed by atoms with Crippen LogP contribution in [-0.2, 0) is 6.42 Å². The molecule has 0 aliphatic carbocycles. The minimum Gasteiger partial charge on any atom is -0.0887 e. The molecule has 1 aromatic rings. The van der Waals surface area contributed by atoms with E-state index in [0.29, 0.717) is 0 Å². The molecule has 21 heavy (non-hydrogen) atoms. The van der Waals surface area contributed by atoms with Crippen LogP contribution in [0.2, 0.25) is 5.02 Å². The fourth-order valence-electron chi connectivity index (χ4n) is 2.93. The second-order valence-corrected chi connectivity index (χ2v) is 6.74. The van der Waals surface area contributed by atoms with E-state index >= 15 is 0 Å². The zero-order valence-electron chi connectivity index (χ0n) is 14.2. The van der Waals surface area contributed by atoms with Crippen LogP contribution in [0.4, 0.5) is 0 Å². The quantitative estimate of drug-likeness (QED) is 0.336. The number of benzene rings is 1. The van der Waals surface area contributed by atoms with Crippen molar-refractivity contribution in [1.82, 2.24) is 0 Å². The van der Waals surface area contributed by atoms with E-state index in [-0.39, 0.29) is 0 Å². The molecular formula is C20H31Cl. The van der Waals surface area contributed by atoms with Crippen molar-refractivity contribution in [2.75, 3.05) is 0 Å². The van der Waals surface area contributed by atoms with Crippen molar-refractivity contribution in [2.45, 2.75) is 72.6 Å². The number of halogens is 1. The first kappa shape index (κ1) is 18.3. The Hall–Kier alpha value is -0.750. The zero-order valence-corrected chi connectivity index (χ0v) is 15.0. The highest BCUT2D eigenvalue weighted by Crippen LogP contribution is 2.24. The highest BCUT2D eigenvalue weighted by Gasteiger charge is 2.08. The average Bonchev–Trinajstić information content (AvgIpc) is 2.45. The predicted molar refractivity (Wildman–Crippen MR) is 96.2 cm³/mol. The first-order valence-corrected chi connectivity index (χ1v) is 8.81. The summed E-state index contributed by atoms with van der Waals surface area (Å²) in [5.41, 5.74) is 4.09. The van der Waals surface area contributed by atoms with Crippen molar-refractivity contribution in [1.29, 1.82) is 0 Å². The Bertz CT molecular complexity index is 445. The van der Waals surface area contributed by atoms with Crippen LogP contribution in [0.5, 0.6) is 0 Å². The second-order valence-electron chi connectivity index (χ2n) is 6.33. The summed E-state index contributed by atoms with van der Waals surface area (Å²) in [4.78, 5) is 0. The Kier molecular flexibility index (Phi) is 8.76. The van der Waals surface area contributed by atoms with Crippen LogP contribution in [0.25, 0.3) is 0 Å². The smallest absolute Gasteiger partial charge is 0.0440 e. The summed E-state index contributed by atoms with van der Waals surface area (Å²) in [5, 5.41) is 0.935. The molecule has 0 N–H and O–H groups in total. The number of unbranched alkanes of at least 4 members (excludes halogenated alkanes) is 1. The third-order valence-electron chi connectivity index (χ3n) is 4.32. The molecule has 1 rings (SSSR count). The molecule has 0 spiro atoms. The Morgan fingerprint density at radius 3 is 2.62 bits per heavy atom. The predicted octanol–water partition coefficient (Wildman–Crippen LogP) is 7.13. The molecular weight excluding hydrogens is 276 g/mol. The molecule has 0 aliphatic heterocycles. The number of allylic oxidation sites excluding steroid dienone is 2. The molecule has 0 amide bonds. The minimum atomic E-state index is 0.861. The van der Waals surface area contributed by atoms with Crippen molar-refractivity contribution in [2.24, 2.45) is 5.92 Å². The van der Waals surface area contributed by atoms with E-state index in [1.807, 2.05) is 0 Å². The number of hydrogen-bond acceptors (Lipinski definition) is 0. The lowest BCUT2D eigenvalue weighted by Crippen LogP contribution is -2.01. The van der Waals surface area contributed by atoms with Gasteiger partial charge in [0.1, 0.15) is 0 Å². The highest BCUT2D eigenvalue weighted by atomic mass is 35.5. The Balaban J connectivity index is 2.36. The van der Waals surface area contributed by atoms with E-state index < -0.39 is 0 Å². The molecule has 0 nitrogen and oxygen atoms in total. The molecule has 1 atom stereocenters. The topological polar surface area (TPSA) is 0 Å². The molecule has 0 radical (unpaired) electrons. The Labute approximate surface area is 136 Å². The summed E-state index contributed by atoms with van der Waals surface area (Å²) in [6.45, 7) is 8.80. The van der Waals surface area contributed by atoms with Crippen LogP contribution >= 0.6 is 11.6 Å². The third kappa shape index (κ3) is 7.18. The molecule has 0 aliphatic rings. The van der Waals surface area contributed by atoms with Gasteiger partial charge >= 0.3 is 0 Å². The van der Waals surface area contributed by atoms with Crippen LogP contribution in [0.15, 0.2) is 29.8 Å². The van der Waals surface area contributed by atoms with Crippen LogP contribution in [0.1, 0.15) is 70.4 Å². The van der Waals surface area contributed by atoms with E-state index in [1.54, 1.807) is 0 Å². The van der Waals surface area contributed by atoms with Gasteiger partial charge in [-0.3, -0.25) is 0 Å². The average molecular weight is 307 g/mol. The number of aryl methyl sites for hydroxylation is 2. The Morgan fingerprint density at radius 1 is 1.24 bits per heavy atom. The van der Waals surface area contributed by atoms with Gasteiger partial charge in [0.05, 0.1) is 0 Å². The standard InChI is InChI=1S/C20H31Cl/c1-5-9-18(14-16(3)6-2)10-7-8-11-19-13-12-17(4)15-20(19)21/h6,12-13,15,18H,5,7-11,14H2,1-4H3/b16-6+. The maximum Gasteiger partial charge on any atom is 0.0440 e. The molecule has 0 saturated carbocycles. The van der Waals surface area contributed by atoms with Gasteiger partial charge in [0.25, 0.3) is 0 Å². The van der Waals surface area contributed by atoms with E-state index in [2.05, 4.69) is 52.0 Å². The van der Waals surface area contributed by atoms with Crippen molar-refractivity contribution in [3.63, 3.8) is 0 Å². The van der Waals surface area contributed by atoms with Crippen LogP contribution in [0.3, 0.4) is 0 Å². The van der Waals surface area contributed by atoms with Gasteiger partial charge in [-0.1, -0.05) is 68.0 Å². The SMILES string of the molecule is C/C=C(\C)CC(CCC)CCCCc1ccc(C)cc1Cl. The summed E-state index contributed by atoms with van der Waals surface area (Å²) in [6.07, 6.45) is 11.2. The molecule has 0 bridgehead atoms. The summed E-state index contributed by atoms with van der Waals surface area (Å²) in [7, 11) is 0. The number of rotatable bonds is 9. The van der Waals surface area contributed by atoms with Crippen molar-refractivity contribution in [3.8, 4) is 0 Å². The van der Waals surface area contributed by atoms with Gasteiger partial charge < -0.3 is 0 Å². The molecule has 0 heterocycles. The minimum absolute atomic E-state index is 0.861. The third-order valence-corrected chi connectivity index (χ3v) is 4.67. The summed E-state index contributed by atoms with van der Waals surface area (Å²) in [5.74, 6) is 0.861. The molecule has 1 aromatic carbocycles. The maximum atomic E-state index is 6.30. The summed E-state index contributed by atoms with van der Waals surface area (Å²) >= 11 is 6.30. The van der Waals surface area contributed by atoms with E-state index in [1.165, 1.54) is 55.2 Å². The lowest BCUT2D eigenvalue weighted by molar-refractivity contribution is 0.422. The molecule has 1 heteroatoms. The fraction of sp³-hybridized carbons (Fsp3) is 0.600. The zero-order chi connectivity index (χ0) is 15.7. The lowest BCUT2D eigenvalue weighted by Gasteiger charge is -2.16. The van der Waals surface area contributed by atoms with Crippen molar-refractivity contribution < 1.29 is 0 Å². The molecule has 1 unspecified atom stereocenters. The van der Waals surface area contributed by atoms with Crippen LogP contribution in [-0.4, -0.2) is 0 Å². The van der Waals surface area contributed by atoms with Gasteiger partial charge in [-0.2, -0.15) is 0 Å². The largest absolute Gasteiger partial charge is 0.0887 e. The molecule has 0 saturated heterocycles. The van der Waals surface area contributed by atoms with E-state index in [4.69, 9.17) is 11.6 Å². The molecule has 0 fully saturated rings. The first-order chi connectivity index (χ1) is 10.1. The van der Waals surface area contributed by atoms with Gasteiger partial charge in [-0.05, 0) is 63.1 Å².